The summed E-state index contributed by atoms with van der Waals surface area (Å²) in [5, 5.41) is 2.96. The van der Waals surface area contributed by atoms with Crippen LogP contribution in [0.3, 0.4) is 0 Å². The van der Waals surface area contributed by atoms with Crippen LogP contribution < -0.4 is 11.5 Å². The van der Waals surface area contributed by atoms with Crippen molar-refractivity contribution in [1.29, 1.82) is 0 Å². The first kappa shape index (κ1) is 17.4. The van der Waals surface area contributed by atoms with Crippen molar-refractivity contribution in [3.8, 4) is 10.4 Å². The van der Waals surface area contributed by atoms with E-state index in [-0.39, 0.29) is 5.92 Å². The number of anilines is 1. The summed E-state index contributed by atoms with van der Waals surface area (Å²) in [4.78, 5) is 19.3. The van der Waals surface area contributed by atoms with Gasteiger partial charge in [-0.1, -0.05) is 36.4 Å². The number of fused-ring (bicyclic) bond motifs is 2. The van der Waals surface area contributed by atoms with Crippen molar-refractivity contribution in [3.05, 3.63) is 69.5 Å². The van der Waals surface area contributed by atoms with Crippen LogP contribution in [0.2, 0.25) is 0 Å². The van der Waals surface area contributed by atoms with Crippen molar-refractivity contribution >= 4 is 44.5 Å². The topological polar surface area (TPSA) is 82.0 Å². The van der Waals surface area contributed by atoms with Gasteiger partial charge < -0.3 is 11.5 Å². The molecule has 1 aliphatic carbocycles. The Morgan fingerprint density at radius 1 is 1.14 bits per heavy atom. The Morgan fingerprint density at radius 2 is 1.96 bits per heavy atom. The van der Waals surface area contributed by atoms with E-state index < -0.39 is 5.91 Å². The summed E-state index contributed by atoms with van der Waals surface area (Å²) in [5.41, 5.74) is 17.2. The zero-order chi connectivity index (χ0) is 19.3. The summed E-state index contributed by atoms with van der Waals surface area (Å²) in [5.74, 6) is -0.233. The van der Waals surface area contributed by atoms with E-state index in [1.54, 1.807) is 11.3 Å². The van der Waals surface area contributed by atoms with E-state index in [9.17, 15) is 4.79 Å². The normalized spacial score (nSPS) is 16.2. The molecular weight excluding hydrogens is 386 g/mol. The molecule has 0 bridgehead atoms. The minimum atomic E-state index is -0.491. The lowest BCUT2D eigenvalue weighted by Crippen LogP contribution is -2.14. The number of carbonyl (C=O) groups excluding carboxylic acids is 1. The van der Waals surface area contributed by atoms with Crippen molar-refractivity contribution in [2.75, 3.05) is 5.73 Å². The summed E-state index contributed by atoms with van der Waals surface area (Å²) in [6.45, 7) is 0. The van der Waals surface area contributed by atoms with Crippen molar-refractivity contribution in [2.24, 2.45) is 5.73 Å². The standard InChI is InChI=1S/C22H19N3OS2/c23-18-17-16(15-10-5-11-27-15)14-9-4-8-13(12-6-2-1-3-7-12)19(14)25-22(17)28-20(18)21(24)26/h1-3,5-7,10-11,13H,4,8-9,23H2,(H2,24,26). The number of amides is 1. The molecular formula is C22H19N3OS2. The molecule has 3 heterocycles. The summed E-state index contributed by atoms with van der Waals surface area (Å²) < 4.78 is 0. The molecule has 4 N–H and O–H groups in total. The van der Waals surface area contributed by atoms with Crippen molar-refractivity contribution < 1.29 is 4.79 Å². The van der Waals surface area contributed by atoms with Crippen LogP contribution in [0.4, 0.5) is 5.69 Å². The molecule has 0 radical (unpaired) electrons. The number of carbonyl (C=O) groups is 1. The third-order valence-corrected chi connectivity index (χ3v) is 7.45. The maximum atomic E-state index is 11.9. The van der Waals surface area contributed by atoms with Crippen molar-refractivity contribution in [2.45, 2.75) is 25.2 Å². The predicted molar refractivity (Wildman–Crippen MR) is 117 cm³/mol. The molecule has 0 saturated carbocycles. The van der Waals surface area contributed by atoms with Crippen LogP contribution in [0.25, 0.3) is 20.7 Å². The Hall–Kier alpha value is -2.70. The van der Waals surface area contributed by atoms with E-state index in [1.807, 2.05) is 12.1 Å². The Morgan fingerprint density at radius 3 is 2.68 bits per heavy atom. The number of thiophene rings is 2. The van der Waals surface area contributed by atoms with Gasteiger partial charge in [0.15, 0.2) is 0 Å². The number of nitrogens with two attached hydrogens (primary N) is 2. The van der Waals surface area contributed by atoms with Crippen LogP contribution in [0.15, 0.2) is 47.8 Å². The molecule has 1 atom stereocenters. The molecule has 4 nitrogen and oxygen atoms in total. The Bertz CT molecular complexity index is 1180. The number of hydrogen-bond donors (Lipinski definition) is 2. The van der Waals surface area contributed by atoms with Gasteiger partial charge in [0.2, 0.25) is 0 Å². The SMILES string of the molecule is NC(=O)c1sc2nc3c(c(-c4cccs4)c2c1N)CCCC3c1ccccc1. The molecule has 0 fully saturated rings. The van der Waals surface area contributed by atoms with E-state index in [4.69, 9.17) is 16.5 Å². The lowest BCUT2D eigenvalue weighted by Gasteiger charge is -2.27. The molecule has 1 aliphatic rings. The fourth-order valence-electron chi connectivity index (χ4n) is 4.25. The van der Waals surface area contributed by atoms with Gasteiger partial charge in [-0.3, -0.25) is 4.79 Å². The second kappa shape index (κ2) is 6.72. The molecule has 0 aliphatic heterocycles. The predicted octanol–water partition coefficient (Wildman–Crippen LogP) is 5.17. The number of hydrogen-bond acceptors (Lipinski definition) is 5. The minimum absolute atomic E-state index is 0.258. The number of primary amides is 1. The fourth-order valence-corrected chi connectivity index (χ4v) is 6.02. The summed E-state index contributed by atoms with van der Waals surface area (Å²) in [7, 11) is 0. The van der Waals surface area contributed by atoms with Crippen LogP contribution in [-0.4, -0.2) is 10.9 Å². The average molecular weight is 406 g/mol. The summed E-state index contributed by atoms with van der Waals surface area (Å²) in [6.07, 6.45) is 3.14. The van der Waals surface area contributed by atoms with E-state index in [1.165, 1.54) is 22.5 Å². The van der Waals surface area contributed by atoms with Gasteiger partial charge in [-0.05, 0) is 41.8 Å². The Kier molecular flexibility index (Phi) is 4.18. The van der Waals surface area contributed by atoms with Gasteiger partial charge in [-0.2, -0.15) is 0 Å². The molecule has 140 valence electrons. The first-order valence-electron chi connectivity index (χ1n) is 9.28. The zero-order valence-electron chi connectivity index (χ0n) is 15.1. The van der Waals surface area contributed by atoms with Gasteiger partial charge in [0.05, 0.1) is 11.4 Å². The Labute approximate surface area is 170 Å². The molecule has 0 saturated heterocycles. The van der Waals surface area contributed by atoms with Crippen LogP contribution in [0, 0.1) is 0 Å². The number of benzene rings is 1. The van der Waals surface area contributed by atoms with Gasteiger partial charge in [0.1, 0.15) is 9.71 Å². The number of nitrogens with zero attached hydrogens (tertiary/aromatic N) is 1. The van der Waals surface area contributed by atoms with Crippen LogP contribution in [0.1, 0.15) is 45.3 Å². The van der Waals surface area contributed by atoms with Crippen LogP contribution in [0.5, 0.6) is 0 Å². The van der Waals surface area contributed by atoms with Crippen molar-refractivity contribution in [1.82, 2.24) is 4.98 Å². The molecule has 0 spiro atoms. The lowest BCUT2D eigenvalue weighted by atomic mass is 9.80. The first-order chi connectivity index (χ1) is 13.6. The molecule has 28 heavy (non-hydrogen) atoms. The number of nitrogen functional groups attached to an aromatic ring is 1. The van der Waals surface area contributed by atoms with Crippen molar-refractivity contribution in [3.63, 3.8) is 0 Å². The lowest BCUT2D eigenvalue weighted by molar-refractivity contribution is 0.100. The molecule has 5 rings (SSSR count). The largest absolute Gasteiger partial charge is 0.397 e. The molecule has 1 unspecified atom stereocenters. The van der Waals surface area contributed by atoms with Gasteiger partial charge in [-0.15, -0.1) is 22.7 Å². The number of rotatable bonds is 3. The third-order valence-electron chi connectivity index (χ3n) is 5.45. The average Bonchev–Trinajstić information content (AvgIpc) is 3.35. The molecule has 1 aromatic carbocycles. The Balaban J connectivity index is 1.85. The molecule has 1 amide bonds. The summed E-state index contributed by atoms with van der Waals surface area (Å²) >= 11 is 3.00. The quantitative estimate of drug-likeness (QED) is 0.493. The smallest absolute Gasteiger partial charge is 0.260 e. The summed E-state index contributed by atoms with van der Waals surface area (Å²) in [6, 6.07) is 14.7. The highest BCUT2D eigenvalue weighted by Crippen LogP contribution is 2.47. The number of aromatic nitrogens is 1. The maximum absolute atomic E-state index is 11.9. The van der Waals surface area contributed by atoms with Gasteiger partial charge >= 0.3 is 0 Å². The van der Waals surface area contributed by atoms with Crippen LogP contribution in [-0.2, 0) is 6.42 Å². The highest BCUT2D eigenvalue weighted by Gasteiger charge is 2.30. The maximum Gasteiger partial charge on any atom is 0.260 e. The molecule has 6 heteroatoms. The highest BCUT2D eigenvalue weighted by atomic mass is 32.1. The van der Waals surface area contributed by atoms with E-state index in [0.717, 1.165) is 45.6 Å². The fraction of sp³-hybridized carbons (Fsp3) is 0.182. The van der Waals surface area contributed by atoms with E-state index in [2.05, 4.69) is 35.7 Å². The van der Waals surface area contributed by atoms with Gasteiger partial charge in [-0.25, -0.2) is 4.98 Å². The minimum Gasteiger partial charge on any atom is -0.397 e. The highest BCUT2D eigenvalue weighted by molar-refractivity contribution is 7.21. The van der Waals surface area contributed by atoms with Crippen LogP contribution >= 0.6 is 22.7 Å². The third kappa shape index (κ3) is 2.64. The monoisotopic (exact) mass is 405 g/mol. The second-order valence-electron chi connectivity index (χ2n) is 7.07. The van der Waals surface area contributed by atoms with Gasteiger partial charge in [0, 0.05) is 21.7 Å². The second-order valence-corrected chi connectivity index (χ2v) is 9.02. The first-order valence-corrected chi connectivity index (χ1v) is 11.0. The van der Waals surface area contributed by atoms with E-state index >= 15 is 0 Å². The number of pyridine rings is 1. The molecule has 3 aromatic heterocycles. The molecule has 4 aromatic rings. The van der Waals surface area contributed by atoms with E-state index in [0.29, 0.717) is 10.6 Å². The van der Waals surface area contributed by atoms with Gasteiger partial charge in [0.25, 0.3) is 5.91 Å². The zero-order valence-corrected chi connectivity index (χ0v) is 16.8.